The Hall–Kier alpha value is -1.08. The molecule has 0 aromatic heterocycles. The number of likely N-dealkylation sites (tertiary alicyclic amines) is 1. The average Bonchev–Trinajstić information content (AvgIpc) is 2.48. The first-order valence-corrected chi connectivity index (χ1v) is 8.01. The minimum atomic E-state index is -3.03. The molecule has 0 aromatic carbocycles. The van der Waals surface area contributed by atoms with Gasteiger partial charge in [-0.15, -0.1) is 0 Å². The number of amides is 1. The Kier molecular flexibility index (Phi) is 3.61. The summed E-state index contributed by atoms with van der Waals surface area (Å²) in [6.07, 6.45) is 1.34. The second-order valence-electron chi connectivity index (χ2n) is 6.01. The van der Waals surface area contributed by atoms with Crippen molar-refractivity contribution in [2.24, 2.45) is 0 Å². The Balaban J connectivity index is 1.73. The molecule has 19 heavy (non-hydrogen) atoms. The normalized spacial score (nSPS) is 26.3. The van der Waals surface area contributed by atoms with Crippen molar-refractivity contribution in [3.63, 3.8) is 0 Å². The molecule has 0 radical (unpaired) electrons. The second-order valence-corrected chi connectivity index (χ2v) is 7.94. The number of rotatable bonds is 2. The van der Waals surface area contributed by atoms with Crippen LogP contribution in [0.5, 0.6) is 0 Å². The number of ether oxygens (including phenoxy) is 1. The number of hydrogen-bond acceptors (Lipinski definition) is 5. The highest BCUT2D eigenvalue weighted by Crippen LogP contribution is 2.17. The van der Waals surface area contributed by atoms with Crippen LogP contribution < -0.4 is 5.32 Å². The molecule has 2 rings (SSSR count). The topological polar surface area (TPSA) is 75.7 Å². The third-order valence-electron chi connectivity index (χ3n) is 2.91. The predicted octanol–water partition coefficient (Wildman–Crippen LogP) is 0.506. The molecule has 0 aromatic rings. The minimum absolute atomic E-state index is 0.107. The summed E-state index contributed by atoms with van der Waals surface area (Å²) in [5.74, 6) is 0.107. The van der Waals surface area contributed by atoms with Crippen LogP contribution in [0.1, 0.15) is 20.8 Å². The van der Waals surface area contributed by atoms with Gasteiger partial charge in [0.15, 0.2) is 9.84 Å². The van der Waals surface area contributed by atoms with E-state index in [1.165, 1.54) is 5.41 Å². The van der Waals surface area contributed by atoms with Crippen molar-refractivity contribution in [1.82, 2.24) is 10.2 Å². The third kappa shape index (κ3) is 3.94. The van der Waals surface area contributed by atoms with E-state index in [0.717, 1.165) is 0 Å². The van der Waals surface area contributed by atoms with Gasteiger partial charge in [0.2, 0.25) is 0 Å². The zero-order valence-corrected chi connectivity index (χ0v) is 12.2. The Morgan fingerprint density at radius 3 is 2.47 bits per heavy atom. The van der Waals surface area contributed by atoms with E-state index in [9.17, 15) is 13.2 Å². The van der Waals surface area contributed by atoms with E-state index in [2.05, 4.69) is 5.32 Å². The van der Waals surface area contributed by atoms with E-state index in [1.807, 2.05) is 20.8 Å². The zero-order chi connectivity index (χ0) is 14.3. The fraction of sp³-hybridized carbons (Fsp3) is 0.750. The number of nitrogens with one attached hydrogen (secondary N) is 1. The van der Waals surface area contributed by atoms with Gasteiger partial charge in [-0.25, -0.2) is 13.2 Å². The van der Waals surface area contributed by atoms with Crippen LogP contribution in [-0.4, -0.2) is 55.9 Å². The molecule has 1 N–H and O–H groups in total. The molecule has 1 fully saturated rings. The van der Waals surface area contributed by atoms with Crippen molar-refractivity contribution in [1.29, 1.82) is 0 Å². The first-order valence-electron chi connectivity index (χ1n) is 6.29. The molecular formula is C12H20N2O4S. The summed E-state index contributed by atoms with van der Waals surface area (Å²) in [7, 11) is -3.03. The summed E-state index contributed by atoms with van der Waals surface area (Å²) in [6.45, 7) is 6.59. The van der Waals surface area contributed by atoms with E-state index < -0.39 is 15.4 Å². The fourth-order valence-electron chi connectivity index (χ4n) is 2.04. The molecule has 0 bridgehead atoms. The first kappa shape index (κ1) is 14.3. The zero-order valence-electron chi connectivity index (χ0n) is 11.4. The average molecular weight is 288 g/mol. The summed E-state index contributed by atoms with van der Waals surface area (Å²) in [5.41, 5.74) is -0.488. The molecule has 0 saturated carbocycles. The number of hydrogen-bond donors (Lipinski definition) is 1. The molecule has 1 amide bonds. The molecule has 2 aliphatic heterocycles. The fourth-order valence-corrected chi connectivity index (χ4v) is 3.29. The minimum Gasteiger partial charge on any atom is -0.444 e. The van der Waals surface area contributed by atoms with Gasteiger partial charge in [-0.2, -0.15) is 0 Å². The van der Waals surface area contributed by atoms with Gasteiger partial charge in [0.1, 0.15) is 5.60 Å². The van der Waals surface area contributed by atoms with E-state index in [0.29, 0.717) is 13.1 Å². The van der Waals surface area contributed by atoms with Crippen LogP contribution in [0, 0.1) is 0 Å². The maximum Gasteiger partial charge on any atom is 0.410 e. The SMILES string of the molecule is CC(C)(C)OC(=O)N1CC(NC2C=CS(=O)(=O)C2)C1. The molecule has 0 aliphatic carbocycles. The quantitative estimate of drug-likeness (QED) is 0.801. The van der Waals surface area contributed by atoms with E-state index >= 15 is 0 Å². The number of carbonyl (C=O) groups excluding carboxylic acids is 1. The smallest absolute Gasteiger partial charge is 0.410 e. The van der Waals surface area contributed by atoms with Gasteiger partial charge >= 0.3 is 6.09 Å². The van der Waals surface area contributed by atoms with Gasteiger partial charge in [-0.1, -0.05) is 6.08 Å². The molecule has 108 valence electrons. The summed E-state index contributed by atoms with van der Waals surface area (Å²) < 4.78 is 27.7. The highest BCUT2D eigenvalue weighted by molar-refractivity contribution is 7.94. The second kappa shape index (κ2) is 4.79. The van der Waals surface area contributed by atoms with Gasteiger partial charge in [-0.05, 0) is 20.8 Å². The van der Waals surface area contributed by atoms with E-state index in [1.54, 1.807) is 11.0 Å². The lowest BCUT2D eigenvalue weighted by atomic mass is 10.1. The highest BCUT2D eigenvalue weighted by atomic mass is 32.2. The maximum absolute atomic E-state index is 11.7. The molecule has 7 heteroatoms. The molecular weight excluding hydrogens is 268 g/mol. The molecule has 0 spiro atoms. The Morgan fingerprint density at radius 2 is 2.00 bits per heavy atom. The Morgan fingerprint density at radius 1 is 1.37 bits per heavy atom. The van der Waals surface area contributed by atoms with Gasteiger partial charge in [-0.3, -0.25) is 0 Å². The van der Waals surface area contributed by atoms with Gasteiger partial charge in [0.25, 0.3) is 0 Å². The molecule has 1 unspecified atom stereocenters. The standard InChI is InChI=1S/C12H20N2O4S/c1-12(2,3)18-11(15)14-6-10(7-14)13-9-4-5-19(16,17)8-9/h4-5,9-10,13H,6-8H2,1-3H3. The van der Waals surface area contributed by atoms with Gasteiger partial charge in [0, 0.05) is 30.6 Å². The number of carbonyl (C=O) groups is 1. The molecule has 6 nitrogen and oxygen atoms in total. The van der Waals surface area contributed by atoms with Crippen molar-refractivity contribution in [3.8, 4) is 0 Å². The molecule has 1 atom stereocenters. The lowest BCUT2D eigenvalue weighted by Gasteiger charge is -2.41. The van der Waals surface area contributed by atoms with Crippen molar-refractivity contribution in [2.75, 3.05) is 18.8 Å². The van der Waals surface area contributed by atoms with Crippen LogP contribution in [0.15, 0.2) is 11.5 Å². The van der Waals surface area contributed by atoms with Crippen molar-refractivity contribution < 1.29 is 17.9 Å². The van der Waals surface area contributed by atoms with Crippen LogP contribution in [0.3, 0.4) is 0 Å². The van der Waals surface area contributed by atoms with Gasteiger partial charge in [0.05, 0.1) is 5.75 Å². The summed E-state index contributed by atoms with van der Waals surface area (Å²) in [5, 5.41) is 4.45. The lowest BCUT2D eigenvalue weighted by molar-refractivity contribution is 0.00489. The molecule has 1 saturated heterocycles. The Labute approximate surface area is 113 Å². The van der Waals surface area contributed by atoms with Crippen molar-refractivity contribution >= 4 is 15.9 Å². The maximum atomic E-state index is 11.7. The van der Waals surface area contributed by atoms with E-state index in [-0.39, 0.29) is 23.9 Å². The first-order chi connectivity index (χ1) is 8.65. The van der Waals surface area contributed by atoms with Crippen LogP contribution in [0.4, 0.5) is 4.79 Å². The Bertz CT molecular complexity index is 486. The lowest BCUT2D eigenvalue weighted by Crippen LogP contribution is -2.62. The summed E-state index contributed by atoms with van der Waals surface area (Å²) >= 11 is 0. The van der Waals surface area contributed by atoms with Crippen molar-refractivity contribution in [2.45, 2.75) is 38.5 Å². The van der Waals surface area contributed by atoms with Crippen LogP contribution in [-0.2, 0) is 14.6 Å². The van der Waals surface area contributed by atoms with Crippen LogP contribution >= 0.6 is 0 Å². The predicted molar refractivity (Wildman–Crippen MR) is 71.4 cm³/mol. The monoisotopic (exact) mass is 288 g/mol. The number of sulfone groups is 1. The molecule has 2 aliphatic rings. The highest BCUT2D eigenvalue weighted by Gasteiger charge is 2.35. The molecule has 2 heterocycles. The van der Waals surface area contributed by atoms with Crippen molar-refractivity contribution in [3.05, 3.63) is 11.5 Å². The van der Waals surface area contributed by atoms with Crippen LogP contribution in [0.2, 0.25) is 0 Å². The third-order valence-corrected chi connectivity index (χ3v) is 4.31. The summed E-state index contributed by atoms with van der Waals surface area (Å²) in [6, 6.07) is -0.00810. The largest absolute Gasteiger partial charge is 0.444 e. The summed E-state index contributed by atoms with van der Waals surface area (Å²) in [4.78, 5) is 13.3. The van der Waals surface area contributed by atoms with E-state index in [4.69, 9.17) is 4.74 Å². The van der Waals surface area contributed by atoms with Gasteiger partial charge < -0.3 is 15.0 Å². The number of nitrogens with zero attached hydrogens (tertiary/aromatic N) is 1. The van der Waals surface area contributed by atoms with Crippen LogP contribution in [0.25, 0.3) is 0 Å².